The number of nitrogens with zero attached hydrogens (tertiary/aromatic N) is 3. The second-order valence-electron chi connectivity index (χ2n) is 5.06. The van der Waals surface area contributed by atoms with E-state index in [2.05, 4.69) is 31.5 Å². The van der Waals surface area contributed by atoms with Crippen molar-refractivity contribution < 1.29 is 0 Å². The van der Waals surface area contributed by atoms with E-state index in [0.717, 1.165) is 27.0 Å². The van der Waals surface area contributed by atoms with Crippen molar-refractivity contribution in [3.8, 4) is 0 Å². The van der Waals surface area contributed by atoms with Gasteiger partial charge in [-0.3, -0.25) is 0 Å². The van der Waals surface area contributed by atoms with Gasteiger partial charge in [0.25, 0.3) is 0 Å². The molecule has 0 aliphatic heterocycles. The molecule has 5 heteroatoms. The summed E-state index contributed by atoms with van der Waals surface area (Å²) >= 11 is 9.91. The zero-order valence-corrected chi connectivity index (χ0v) is 14.2. The van der Waals surface area contributed by atoms with Crippen molar-refractivity contribution in [2.75, 3.05) is 0 Å². The fraction of sp³-hybridized carbons (Fsp3) is 0.250. The average Bonchev–Trinajstić information content (AvgIpc) is 2.82. The Morgan fingerprint density at radius 3 is 2.76 bits per heavy atom. The number of alkyl halides is 1. The largest absolute Gasteiger partial charge is 0.307 e. The number of halogens is 2. The molecule has 0 aliphatic carbocycles. The van der Waals surface area contributed by atoms with Crippen molar-refractivity contribution in [2.45, 2.75) is 25.8 Å². The normalized spacial score (nSPS) is 12.8. The van der Waals surface area contributed by atoms with Gasteiger partial charge in [-0.2, -0.15) is 0 Å². The van der Waals surface area contributed by atoms with Crippen molar-refractivity contribution in [2.24, 2.45) is 0 Å². The zero-order chi connectivity index (χ0) is 15.0. The Kier molecular flexibility index (Phi) is 4.00. The zero-order valence-electron chi connectivity index (χ0n) is 11.8. The van der Waals surface area contributed by atoms with Crippen LogP contribution >= 0.6 is 27.5 Å². The van der Waals surface area contributed by atoms with E-state index in [9.17, 15) is 0 Å². The maximum atomic E-state index is 6.32. The summed E-state index contributed by atoms with van der Waals surface area (Å²) < 4.78 is 3.17. The molecule has 0 bridgehead atoms. The van der Waals surface area contributed by atoms with Gasteiger partial charge in [0.2, 0.25) is 0 Å². The van der Waals surface area contributed by atoms with Crippen LogP contribution in [0, 0.1) is 6.92 Å². The first kappa shape index (κ1) is 14.5. The molecule has 0 radical (unpaired) electrons. The summed E-state index contributed by atoms with van der Waals surface area (Å²) in [5.74, 6) is 0.851. The maximum absolute atomic E-state index is 6.32. The lowest BCUT2D eigenvalue weighted by Gasteiger charge is -2.11. The van der Waals surface area contributed by atoms with Crippen molar-refractivity contribution >= 4 is 38.7 Å². The number of aromatic nitrogens is 3. The Labute approximate surface area is 137 Å². The van der Waals surface area contributed by atoms with Crippen molar-refractivity contribution in [1.29, 1.82) is 0 Å². The van der Waals surface area contributed by atoms with E-state index < -0.39 is 0 Å². The number of aryl methyl sites for hydroxylation is 1. The maximum Gasteiger partial charge on any atom is 0.160 e. The molecule has 0 N–H and O–H groups in total. The number of fused-ring (bicyclic) bond motifs is 1. The summed E-state index contributed by atoms with van der Waals surface area (Å²) in [5.41, 5.74) is 4.10. The van der Waals surface area contributed by atoms with E-state index in [0.29, 0.717) is 6.54 Å². The molecule has 2 aromatic heterocycles. The molecule has 1 aromatic carbocycles. The van der Waals surface area contributed by atoms with Crippen LogP contribution in [0.25, 0.3) is 11.2 Å². The lowest BCUT2D eigenvalue weighted by Crippen LogP contribution is -2.07. The number of rotatable bonds is 3. The molecule has 2 heterocycles. The van der Waals surface area contributed by atoms with Crippen LogP contribution in [0.4, 0.5) is 0 Å². The Bertz CT molecular complexity index is 795. The summed E-state index contributed by atoms with van der Waals surface area (Å²) in [6.07, 6.45) is 1.82. The Morgan fingerprint density at radius 2 is 2.05 bits per heavy atom. The second kappa shape index (κ2) is 5.78. The molecule has 1 atom stereocenters. The molecule has 3 nitrogen and oxygen atoms in total. The molecular formula is C16H15BrClN3. The standard InChI is InChI=1S/C16H15BrClN3/c1-10-7-8-19-16-14(10)20-15(11(2)18)21(16)9-12-5-3-4-6-13(12)17/h3-8,11H,9H2,1-2H3. The van der Waals surface area contributed by atoms with Crippen LogP contribution in [0.3, 0.4) is 0 Å². The van der Waals surface area contributed by atoms with E-state index in [-0.39, 0.29) is 5.38 Å². The van der Waals surface area contributed by atoms with Crippen LogP contribution in [0.5, 0.6) is 0 Å². The second-order valence-corrected chi connectivity index (χ2v) is 6.57. The minimum atomic E-state index is -0.166. The first-order valence-corrected chi connectivity index (χ1v) is 8.00. The third-order valence-corrected chi connectivity index (χ3v) is 4.48. The van der Waals surface area contributed by atoms with Gasteiger partial charge in [-0.15, -0.1) is 11.6 Å². The Balaban J connectivity index is 2.19. The fourth-order valence-corrected chi connectivity index (χ4v) is 2.99. The Morgan fingerprint density at radius 1 is 1.29 bits per heavy atom. The number of hydrogen-bond acceptors (Lipinski definition) is 2. The molecule has 1 unspecified atom stereocenters. The van der Waals surface area contributed by atoms with E-state index in [1.807, 2.05) is 44.3 Å². The van der Waals surface area contributed by atoms with Crippen LogP contribution in [-0.2, 0) is 6.54 Å². The highest BCUT2D eigenvalue weighted by Crippen LogP contribution is 2.27. The third-order valence-electron chi connectivity index (χ3n) is 3.51. The highest BCUT2D eigenvalue weighted by atomic mass is 79.9. The molecule has 3 aromatic rings. The van der Waals surface area contributed by atoms with Gasteiger partial charge in [-0.05, 0) is 37.1 Å². The third kappa shape index (κ3) is 2.70. The van der Waals surface area contributed by atoms with Crippen molar-refractivity contribution in [3.63, 3.8) is 0 Å². The highest BCUT2D eigenvalue weighted by molar-refractivity contribution is 9.10. The smallest absolute Gasteiger partial charge is 0.160 e. The van der Waals surface area contributed by atoms with Gasteiger partial charge in [0.15, 0.2) is 5.65 Å². The van der Waals surface area contributed by atoms with E-state index >= 15 is 0 Å². The minimum absolute atomic E-state index is 0.166. The molecule has 108 valence electrons. The fourth-order valence-electron chi connectivity index (χ4n) is 2.41. The van der Waals surface area contributed by atoms with Crippen molar-refractivity contribution in [3.05, 3.63) is 58.0 Å². The van der Waals surface area contributed by atoms with Crippen LogP contribution in [0.15, 0.2) is 41.0 Å². The summed E-state index contributed by atoms with van der Waals surface area (Å²) in [7, 11) is 0. The average molecular weight is 365 g/mol. The van der Waals surface area contributed by atoms with Crippen molar-refractivity contribution in [1.82, 2.24) is 14.5 Å². The minimum Gasteiger partial charge on any atom is -0.307 e. The summed E-state index contributed by atoms with van der Waals surface area (Å²) in [6.45, 7) is 4.68. The molecular weight excluding hydrogens is 350 g/mol. The number of hydrogen-bond donors (Lipinski definition) is 0. The van der Waals surface area contributed by atoms with Gasteiger partial charge >= 0.3 is 0 Å². The van der Waals surface area contributed by atoms with E-state index in [1.54, 1.807) is 0 Å². The van der Waals surface area contributed by atoms with Gasteiger partial charge < -0.3 is 4.57 Å². The SMILES string of the molecule is Cc1ccnc2c1nc(C(C)Cl)n2Cc1ccccc1Br. The van der Waals surface area contributed by atoms with E-state index in [4.69, 9.17) is 16.6 Å². The van der Waals surface area contributed by atoms with Gasteiger partial charge in [0.1, 0.15) is 11.3 Å². The summed E-state index contributed by atoms with van der Waals surface area (Å²) in [6, 6.07) is 10.1. The predicted molar refractivity (Wildman–Crippen MR) is 89.8 cm³/mol. The molecule has 0 saturated carbocycles. The summed E-state index contributed by atoms with van der Waals surface area (Å²) in [4.78, 5) is 9.19. The predicted octanol–water partition coefficient (Wildman–Crippen LogP) is 4.85. The van der Waals surface area contributed by atoms with Gasteiger partial charge in [0, 0.05) is 10.7 Å². The number of pyridine rings is 1. The van der Waals surface area contributed by atoms with Gasteiger partial charge in [0.05, 0.1) is 11.9 Å². The first-order chi connectivity index (χ1) is 10.1. The molecule has 0 fully saturated rings. The van der Waals surface area contributed by atoms with E-state index in [1.165, 1.54) is 5.56 Å². The Hall–Kier alpha value is -1.39. The molecule has 0 spiro atoms. The number of benzene rings is 1. The van der Waals surface area contributed by atoms with Crippen LogP contribution in [0.2, 0.25) is 0 Å². The van der Waals surface area contributed by atoms with Gasteiger partial charge in [-0.25, -0.2) is 9.97 Å². The molecule has 3 rings (SSSR count). The molecule has 21 heavy (non-hydrogen) atoms. The van der Waals surface area contributed by atoms with Gasteiger partial charge in [-0.1, -0.05) is 34.1 Å². The van der Waals surface area contributed by atoms with Crippen LogP contribution < -0.4 is 0 Å². The first-order valence-electron chi connectivity index (χ1n) is 6.77. The number of imidazole rings is 1. The monoisotopic (exact) mass is 363 g/mol. The molecule has 0 aliphatic rings. The summed E-state index contributed by atoms with van der Waals surface area (Å²) in [5, 5.41) is -0.166. The van der Waals surface area contributed by atoms with Crippen LogP contribution in [-0.4, -0.2) is 14.5 Å². The van der Waals surface area contributed by atoms with Crippen LogP contribution in [0.1, 0.15) is 29.3 Å². The highest BCUT2D eigenvalue weighted by Gasteiger charge is 2.17. The lowest BCUT2D eigenvalue weighted by atomic mass is 10.2. The lowest BCUT2D eigenvalue weighted by molar-refractivity contribution is 0.734. The topological polar surface area (TPSA) is 30.7 Å². The molecule has 0 amide bonds. The quantitative estimate of drug-likeness (QED) is 0.622. The molecule has 0 saturated heterocycles.